The summed E-state index contributed by atoms with van der Waals surface area (Å²) in [5.74, 6) is 0.369. The number of ether oxygens (including phenoxy) is 1. The third kappa shape index (κ3) is 2.65. The lowest BCUT2D eigenvalue weighted by atomic mass is 10.3. The Morgan fingerprint density at radius 3 is 2.56 bits per heavy atom. The van der Waals surface area contributed by atoms with Gasteiger partial charge in [-0.15, -0.1) is 0 Å². The standard InChI is InChI=1S/C11H4Cl3N3O/c12-7-1-9(14)10(2-8(7)13)18-11-6(3-15)4-16-5-17-11/h1-2,4-5H. The third-order valence-electron chi connectivity index (χ3n) is 1.98. The topological polar surface area (TPSA) is 58.8 Å². The molecule has 18 heavy (non-hydrogen) atoms. The molecule has 0 radical (unpaired) electrons. The summed E-state index contributed by atoms with van der Waals surface area (Å²) in [6, 6.07) is 4.82. The van der Waals surface area contributed by atoms with E-state index in [1.54, 1.807) is 0 Å². The van der Waals surface area contributed by atoms with Gasteiger partial charge in [0.05, 0.1) is 21.3 Å². The van der Waals surface area contributed by atoms with Gasteiger partial charge in [0, 0.05) is 6.07 Å². The zero-order valence-electron chi connectivity index (χ0n) is 8.69. The molecule has 0 spiro atoms. The molecule has 2 aromatic rings. The van der Waals surface area contributed by atoms with Crippen LogP contribution in [-0.4, -0.2) is 9.97 Å². The van der Waals surface area contributed by atoms with Crippen LogP contribution in [0.15, 0.2) is 24.7 Å². The van der Waals surface area contributed by atoms with Crippen LogP contribution in [0.3, 0.4) is 0 Å². The molecule has 7 heteroatoms. The molecule has 0 unspecified atom stereocenters. The summed E-state index contributed by atoms with van der Waals surface area (Å²) < 4.78 is 5.42. The zero-order valence-corrected chi connectivity index (χ0v) is 11.0. The first-order valence-electron chi connectivity index (χ1n) is 4.64. The van der Waals surface area contributed by atoms with Gasteiger partial charge in [-0.25, -0.2) is 9.97 Å². The predicted octanol–water partition coefficient (Wildman–Crippen LogP) is 4.10. The lowest BCUT2D eigenvalue weighted by molar-refractivity contribution is 0.460. The molecule has 1 aromatic carbocycles. The fraction of sp³-hybridized carbons (Fsp3) is 0. The van der Waals surface area contributed by atoms with E-state index in [1.165, 1.54) is 24.7 Å². The highest BCUT2D eigenvalue weighted by Gasteiger charge is 2.11. The van der Waals surface area contributed by atoms with Crippen molar-refractivity contribution in [3.8, 4) is 17.7 Å². The number of hydrogen-bond acceptors (Lipinski definition) is 4. The van der Waals surface area contributed by atoms with Crippen molar-refractivity contribution >= 4 is 34.8 Å². The highest BCUT2D eigenvalue weighted by molar-refractivity contribution is 6.43. The highest BCUT2D eigenvalue weighted by Crippen LogP contribution is 2.36. The van der Waals surface area contributed by atoms with Crippen LogP contribution in [0.25, 0.3) is 0 Å². The molecule has 0 saturated carbocycles. The molecule has 90 valence electrons. The van der Waals surface area contributed by atoms with E-state index < -0.39 is 0 Å². The van der Waals surface area contributed by atoms with Crippen molar-refractivity contribution < 1.29 is 4.74 Å². The number of hydrogen-bond donors (Lipinski definition) is 0. The third-order valence-corrected chi connectivity index (χ3v) is 3.00. The molecule has 0 N–H and O–H groups in total. The first-order valence-corrected chi connectivity index (χ1v) is 5.77. The van der Waals surface area contributed by atoms with Gasteiger partial charge in [0.1, 0.15) is 23.7 Å². The van der Waals surface area contributed by atoms with E-state index in [1.807, 2.05) is 6.07 Å². The summed E-state index contributed by atoms with van der Waals surface area (Å²) >= 11 is 17.6. The number of nitrogens with zero attached hydrogens (tertiary/aromatic N) is 3. The van der Waals surface area contributed by atoms with Crippen molar-refractivity contribution in [3.63, 3.8) is 0 Å². The fourth-order valence-corrected chi connectivity index (χ4v) is 1.74. The minimum Gasteiger partial charge on any atom is -0.436 e. The Balaban J connectivity index is 2.41. The normalized spacial score (nSPS) is 9.89. The largest absolute Gasteiger partial charge is 0.436 e. The molecule has 1 heterocycles. The van der Waals surface area contributed by atoms with Crippen molar-refractivity contribution in [3.05, 3.63) is 45.3 Å². The molecule has 0 fully saturated rings. The van der Waals surface area contributed by atoms with E-state index >= 15 is 0 Å². The first kappa shape index (κ1) is 12.9. The van der Waals surface area contributed by atoms with Crippen molar-refractivity contribution in [2.24, 2.45) is 0 Å². The van der Waals surface area contributed by atoms with Gasteiger partial charge in [0.15, 0.2) is 0 Å². The smallest absolute Gasteiger partial charge is 0.240 e. The van der Waals surface area contributed by atoms with E-state index in [9.17, 15) is 0 Å². The predicted molar refractivity (Wildman–Crippen MR) is 68.3 cm³/mol. The minimum atomic E-state index is 0.104. The molecule has 1 aromatic heterocycles. The minimum absolute atomic E-state index is 0.104. The quantitative estimate of drug-likeness (QED) is 0.783. The van der Waals surface area contributed by atoms with E-state index in [4.69, 9.17) is 44.8 Å². The number of nitriles is 1. The zero-order chi connectivity index (χ0) is 13.1. The summed E-state index contributed by atoms with van der Waals surface area (Å²) in [7, 11) is 0. The van der Waals surface area contributed by atoms with Crippen molar-refractivity contribution in [2.75, 3.05) is 0 Å². The summed E-state index contributed by atoms with van der Waals surface area (Å²) in [5, 5.41) is 9.76. The molecule has 4 nitrogen and oxygen atoms in total. The number of rotatable bonds is 2. The summed E-state index contributed by atoms with van der Waals surface area (Å²) in [4.78, 5) is 7.57. The number of halogens is 3. The Labute approximate surface area is 118 Å². The average molecular weight is 301 g/mol. The van der Waals surface area contributed by atoms with Crippen LogP contribution in [0, 0.1) is 11.3 Å². The van der Waals surface area contributed by atoms with Crippen molar-refractivity contribution in [1.82, 2.24) is 9.97 Å². The summed E-state index contributed by atoms with van der Waals surface area (Å²) in [6.45, 7) is 0. The van der Waals surface area contributed by atoms with Gasteiger partial charge in [-0.1, -0.05) is 34.8 Å². The lowest BCUT2D eigenvalue weighted by Crippen LogP contribution is -1.93. The van der Waals surface area contributed by atoms with Crippen LogP contribution < -0.4 is 4.74 Å². The van der Waals surface area contributed by atoms with Gasteiger partial charge in [0.25, 0.3) is 0 Å². The summed E-state index contributed by atoms with van der Waals surface area (Å²) in [6.07, 6.45) is 2.61. The van der Waals surface area contributed by atoms with Crippen LogP contribution in [-0.2, 0) is 0 Å². The van der Waals surface area contributed by atoms with Crippen LogP contribution >= 0.6 is 34.8 Å². The van der Waals surface area contributed by atoms with Gasteiger partial charge in [0.2, 0.25) is 5.88 Å². The Morgan fingerprint density at radius 2 is 1.83 bits per heavy atom. The second kappa shape index (κ2) is 5.40. The maximum atomic E-state index is 8.87. The van der Waals surface area contributed by atoms with E-state index in [0.717, 1.165) is 0 Å². The average Bonchev–Trinajstić information content (AvgIpc) is 2.36. The van der Waals surface area contributed by atoms with Gasteiger partial charge < -0.3 is 4.74 Å². The van der Waals surface area contributed by atoms with Crippen LogP contribution in [0.2, 0.25) is 15.1 Å². The summed E-state index contributed by atoms with van der Waals surface area (Å²) in [5.41, 5.74) is 0.194. The van der Waals surface area contributed by atoms with Crippen LogP contribution in [0.5, 0.6) is 11.6 Å². The lowest BCUT2D eigenvalue weighted by Gasteiger charge is -2.08. The molecular weight excluding hydrogens is 296 g/mol. The van der Waals surface area contributed by atoms with E-state index in [2.05, 4.69) is 9.97 Å². The highest BCUT2D eigenvalue weighted by atomic mass is 35.5. The van der Waals surface area contributed by atoms with Crippen molar-refractivity contribution in [2.45, 2.75) is 0 Å². The molecule has 0 amide bonds. The Hall–Kier alpha value is -1.54. The van der Waals surface area contributed by atoms with Gasteiger partial charge in [-0.05, 0) is 6.07 Å². The molecule has 0 aliphatic carbocycles. The van der Waals surface area contributed by atoms with Crippen LogP contribution in [0.4, 0.5) is 0 Å². The first-order chi connectivity index (χ1) is 8.61. The van der Waals surface area contributed by atoms with Crippen molar-refractivity contribution in [1.29, 1.82) is 5.26 Å². The van der Waals surface area contributed by atoms with Gasteiger partial charge in [-0.3, -0.25) is 0 Å². The maximum absolute atomic E-state index is 8.87. The Morgan fingerprint density at radius 1 is 1.11 bits per heavy atom. The SMILES string of the molecule is N#Cc1cncnc1Oc1cc(Cl)c(Cl)cc1Cl. The molecule has 0 aliphatic rings. The fourth-order valence-electron chi connectivity index (χ4n) is 1.16. The second-order valence-electron chi connectivity index (χ2n) is 3.15. The number of aromatic nitrogens is 2. The molecule has 0 atom stereocenters. The maximum Gasteiger partial charge on any atom is 0.240 e. The van der Waals surface area contributed by atoms with Gasteiger partial charge in [-0.2, -0.15) is 5.26 Å². The van der Waals surface area contributed by atoms with Gasteiger partial charge >= 0.3 is 0 Å². The Bertz CT molecular complexity index is 640. The second-order valence-corrected chi connectivity index (χ2v) is 4.37. The molecule has 0 saturated heterocycles. The molecule has 2 rings (SSSR count). The van der Waals surface area contributed by atoms with Crippen LogP contribution in [0.1, 0.15) is 5.56 Å². The number of benzene rings is 1. The monoisotopic (exact) mass is 299 g/mol. The van der Waals surface area contributed by atoms with E-state index in [-0.39, 0.29) is 22.2 Å². The molecular formula is C11H4Cl3N3O. The van der Waals surface area contributed by atoms with E-state index in [0.29, 0.717) is 10.0 Å². The Kier molecular flexibility index (Phi) is 3.87. The molecule has 0 aliphatic heterocycles. The molecule has 0 bridgehead atoms.